The Bertz CT molecular complexity index is 354. The lowest BCUT2D eigenvalue weighted by molar-refractivity contribution is -0.139. The highest BCUT2D eigenvalue weighted by Gasteiger charge is 2.41. The summed E-state index contributed by atoms with van der Waals surface area (Å²) in [5, 5.41) is 2.81. The number of amides is 3. The standard InChI is InChI=1S/C12H22N4O2/c1-3-12(13,4-2)10(17)15-5-6-16-9(8-15)7-14-11(16)18/h9H,3-8,13H2,1-2H3,(H,14,18). The molecule has 2 fully saturated rings. The molecule has 102 valence electrons. The molecule has 2 aliphatic rings. The number of nitrogens with two attached hydrogens (primary N) is 1. The average Bonchev–Trinajstić information content (AvgIpc) is 2.78. The molecule has 0 aliphatic carbocycles. The van der Waals surface area contributed by atoms with Crippen LogP contribution in [0.15, 0.2) is 0 Å². The zero-order chi connectivity index (χ0) is 13.3. The van der Waals surface area contributed by atoms with E-state index in [0.29, 0.717) is 39.0 Å². The summed E-state index contributed by atoms with van der Waals surface area (Å²) in [7, 11) is 0. The van der Waals surface area contributed by atoms with Crippen molar-refractivity contribution in [1.29, 1.82) is 0 Å². The van der Waals surface area contributed by atoms with E-state index in [1.165, 1.54) is 0 Å². The molecule has 6 heteroatoms. The Hall–Kier alpha value is -1.30. The van der Waals surface area contributed by atoms with Crippen LogP contribution in [-0.2, 0) is 4.79 Å². The molecular weight excluding hydrogens is 232 g/mol. The Labute approximate surface area is 107 Å². The van der Waals surface area contributed by atoms with E-state index < -0.39 is 5.54 Å². The second-order valence-electron chi connectivity index (χ2n) is 5.15. The van der Waals surface area contributed by atoms with Gasteiger partial charge in [0.2, 0.25) is 5.91 Å². The van der Waals surface area contributed by atoms with E-state index in [0.717, 1.165) is 0 Å². The monoisotopic (exact) mass is 254 g/mol. The number of carbonyl (C=O) groups is 2. The van der Waals surface area contributed by atoms with Gasteiger partial charge in [0.15, 0.2) is 0 Å². The van der Waals surface area contributed by atoms with Gasteiger partial charge in [-0.2, -0.15) is 0 Å². The second kappa shape index (κ2) is 4.76. The van der Waals surface area contributed by atoms with Crippen LogP contribution < -0.4 is 11.1 Å². The summed E-state index contributed by atoms with van der Waals surface area (Å²) in [5.41, 5.74) is 5.40. The van der Waals surface area contributed by atoms with Gasteiger partial charge in [0.25, 0.3) is 0 Å². The molecule has 1 unspecified atom stereocenters. The molecular formula is C12H22N4O2. The maximum atomic E-state index is 12.4. The summed E-state index contributed by atoms with van der Waals surface area (Å²) < 4.78 is 0. The van der Waals surface area contributed by atoms with Gasteiger partial charge in [-0.05, 0) is 12.8 Å². The number of rotatable bonds is 3. The molecule has 3 N–H and O–H groups in total. The van der Waals surface area contributed by atoms with Crippen molar-refractivity contribution in [1.82, 2.24) is 15.1 Å². The summed E-state index contributed by atoms with van der Waals surface area (Å²) >= 11 is 0. The van der Waals surface area contributed by atoms with E-state index in [1.54, 1.807) is 4.90 Å². The van der Waals surface area contributed by atoms with Crippen LogP contribution in [0.3, 0.4) is 0 Å². The first-order chi connectivity index (χ1) is 8.51. The third-order valence-corrected chi connectivity index (χ3v) is 4.21. The number of piperazine rings is 1. The van der Waals surface area contributed by atoms with Gasteiger partial charge in [-0.15, -0.1) is 0 Å². The Morgan fingerprint density at radius 2 is 2.11 bits per heavy atom. The van der Waals surface area contributed by atoms with Crippen LogP contribution in [0.4, 0.5) is 4.79 Å². The van der Waals surface area contributed by atoms with Gasteiger partial charge in [0, 0.05) is 26.2 Å². The number of carbonyl (C=O) groups excluding carboxylic acids is 2. The first-order valence-corrected chi connectivity index (χ1v) is 6.64. The van der Waals surface area contributed by atoms with E-state index in [9.17, 15) is 9.59 Å². The Morgan fingerprint density at radius 1 is 1.44 bits per heavy atom. The Balaban J connectivity index is 2.04. The number of hydrogen-bond donors (Lipinski definition) is 2. The van der Waals surface area contributed by atoms with Gasteiger partial charge in [-0.25, -0.2) is 4.79 Å². The molecule has 2 aliphatic heterocycles. The molecule has 0 spiro atoms. The second-order valence-corrected chi connectivity index (χ2v) is 5.15. The molecule has 0 aromatic rings. The third kappa shape index (κ3) is 2.05. The molecule has 18 heavy (non-hydrogen) atoms. The molecule has 0 bridgehead atoms. The van der Waals surface area contributed by atoms with Crippen molar-refractivity contribution in [2.24, 2.45) is 5.73 Å². The molecule has 6 nitrogen and oxygen atoms in total. The lowest BCUT2D eigenvalue weighted by Crippen LogP contribution is -2.61. The van der Waals surface area contributed by atoms with Crippen molar-refractivity contribution in [3.8, 4) is 0 Å². The fraction of sp³-hybridized carbons (Fsp3) is 0.833. The first-order valence-electron chi connectivity index (χ1n) is 6.64. The van der Waals surface area contributed by atoms with Gasteiger partial charge >= 0.3 is 6.03 Å². The maximum absolute atomic E-state index is 12.4. The maximum Gasteiger partial charge on any atom is 0.317 e. The van der Waals surface area contributed by atoms with Gasteiger partial charge in [0.1, 0.15) is 0 Å². The van der Waals surface area contributed by atoms with Gasteiger partial charge in [-0.1, -0.05) is 13.8 Å². The van der Waals surface area contributed by atoms with E-state index in [2.05, 4.69) is 5.32 Å². The summed E-state index contributed by atoms with van der Waals surface area (Å²) in [6.07, 6.45) is 1.29. The lowest BCUT2D eigenvalue weighted by Gasteiger charge is -2.40. The number of urea groups is 1. The Morgan fingerprint density at radius 3 is 2.72 bits per heavy atom. The fourth-order valence-corrected chi connectivity index (χ4v) is 2.66. The van der Waals surface area contributed by atoms with Crippen LogP contribution >= 0.6 is 0 Å². The topological polar surface area (TPSA) is 78.7 Å². The molecule has 0 aromatic heterocycles. The molecule has 2 saturated heterocycles. The molecule has 0 saturated carbocycles. The largest absolute Gasteiger partial charge is 0.337 e. The quantitative estimate of drug-likeness (QED) is 0.728. The SMILES string of the molecule is CCC(N)(CC)C(=O)N1CCN2C(=O)NCC2C1. The summed E-state index contributed by atoms with van der Waals surface area (Å²) in [6, 6.07) is 0.0882. The van der Waals surface area contributed by atoms with E-state index in [4.69, 9.17) is 5.73 Å². The van der Waals surface area contributed by atoms with Crippen molar-refractivity contribution < 1.29 is 9.59 Å². The molecule has 0 radical (unpaired) electrons. The van der Waals surface area contributed by atoms with Crippen LogP contribution in [0.2, 0.25) is 0 Å². The zero-order valence-corrected chi connectivity index (χ0v) is 11.1. The highest BCUT2D eigenvalue weighted by Crippen LogP contribution is 2.20. The van der Waals surface area contributed by atoms with Gasteiger partial charge in [-0.3, -0.25) is 4.79 Å². The van der Waals surface area contributed by atoms with Crippen LogP contribution in [0.5, 0.6) is 0 Å². The first kappa shape index (κ1) is 13.1. The predicted octanol–water partition coefficient (Wildman–Crippen LogP) is -0.260. The van der Waals surface area contributed by atoms with Crippen molar-refractivity contribution in [2.45, 2.75) is 38.3 Å². The number of nitrogens with one attached hydrogen (secondary N) is 1. The number of nitrogens with zero attached hydrogens (tertiary/aromatic N) is 2. The fourth-order valence-electron chi connectivity index (χ4n) is 2.66. The van der Waals surface area contributed by atoms with Crippen LogP contribution in [0, 0.1) is 0 Å². The van der Waals surface area contributed by atoms with Crippen molar-refractivity contribution in [2.75, 3.05) is 26.2 Å². The van der Waals surface area contributed by atoms with Crippen molar-refractivity contribution in [3.63, 3.8) is 0 Å². The van der Waals surface area contributed by atoms with Gasteiger partial charge in [0.05, 0.1) is 11.6 Å². The normalized spacial score (nSPS) is 23.9. The van der Waals surface area contributed by atoms with Gasteiger partial charge < -0.3 is 20.9 Å². The molecule has 0 aromatic carbocycles. The minimum atomic E-state index is -0.752. The summed E-state index contributed by atoms with van der Waals surface area (Å²) in [5.74, 6) is 0.0199. The van der Waals surface area contributed by atoms with Crippen LogP contribution in [0.1, 0.15) is 26.7 Å². The number of hydrogen-bond acceptors (Lipinski definition) is 3. The molecule has 3 amide bonds. The summed E-state index contributed by atoms with van der Waals surface area (Å²) in [4.78, 5) is 27.5. The lowest BCUT2D eigenvalue weighted by atomic mass is 9.92. The van der Waals surface area contributed by atoms with E-state index in [-0.39, 0.29) is 18.0 Å². The van der Waals surface area contributed by atoms with Crippen molar-refractivity contribution >= 4 is 11.9 Å². The minimum Gasteiger partial charge on any atom is -0.337 e. The minimum absolute atomic E-state index is 0.0166. The number of fused-ring (bicyclic) bond motifs is 1. The highest BCUT2D eigenvalue weighted by atomic mass is 16.2. The van der Waals surface area contributed by atoms with Crippen LogP contribution in [0.25, 0.3) is 0 Å². The van der Waals surface area contributed by atoms with Crippen molar-refractivity contribution in [3.05, 3.63) is 0 Å². The molecule has 1 atom stereocenters. The molecule has 2 rings (SSSR count). The smallest absolute Gasteiger partial charge is 0.317 e. The third-order valence-electron chi connectivity index (χ3n) is 4.21. The average molecular weight is 254 g/mol. The van der Waals surface area contributed by atoms with E-state index >= 15 is 0 Å². The Kier molecular flexibility index (Phi) is 3.47. The zero-order valence-electron chi connectivity index (χ0n) is 11.1. The summed E-state index contributed by atoms with van der Waals surface area (Å²) in [6.45, 7) is 6.29. The van der Waals surface area contributed by atoms with E-state index in [1.807, 2.05) is 18.7 Å². The highest BCUT2D eigenvalue weighted by molar-refractivity contribution is 5.86. The molecule has 2 heterocycles. The predicted molar refractivity (Wildman–Crippen MR) is 68.0 cm³/mol. The van der Waals surface area contributed by atoms with Crippen LogP contribution in [-0.4, -0.2) is 59.5 Å².